The number of amides is 3. The fourth-order valence-corrected chi connectivity index (χ4v) is 6.73. The molecule has 0 radical (unpaired) electrons. The molecule has 38 heavy (non-hydrogen) atoms. The molecule has 4 aromatic rings. The summed E-state index contributed by atoms with van der Waals surface area (Å²) in [5, 5.41) is 4.45. The topological polar surface area (TPSA) is 78.8 Å². The predicted molar refractivity (Wildman–Crippen MR) is 144 cm³/mol. The summed E-state index contributed by atoms with van der Waals surface area (Å²) < 4.78 is 0. The van der Waals surface area contributed by atoms with Crippen LogP contribution in [-0.2, 0) is 15.0 Å². The number of hydrogen-bond acceptors (Lipinski definition) is 4. The number of nitrogens with one attached hydrogen (secondary N) is 1. The van der Waals surface area contributed by atoms with Crippen molar-refractivity contribution < 1.29 is 14.4 Å². The van der Waals surface area contributed by atoms with Crippen LogP contribution >= 0.6 is 0 Å². The quantitative estimate of drug-likeness (QED) is 0.253. The second-order valence-corrected chi connectivity index (χ2v) is 9.94. The Hall–Kier alpha value is -4.84. The van der Waals surface area contributed by atoms with E-state index in [0.29, 0.717) is 11.3 Å². The first-order valence-corrected chi connectivity index (χ1v) is 12.6. The molecule has 0 aromatic heterocycles. The van der Waals surface area contributed by atoms with Crippen molar-refractivity contribution >= 4 is 29.6 Å². The van der Waals surface area contributed by atoms with Crippen LogP contribution in [0.3, 0.4) is 0 Å². The van der Waals surface area contributed by atoms with E-state index < -0.39 is 17.3 Å². The molecular weight excluding hydrogens is 474 g/mol. The molecule has 1 aliphatic heterocycles. The van der Waals surface area contributed by atoms with Crippen molar-refractivity contribution in [2.75, 3.05) is 4.90 Å². The van der Waals surface area contributed by atoms with Gasteiger partial charge in [0.15, 0.2) is 0 Å². The van der Waals surface area contributed by atoms with E-state index in [9.17, 15) is 14.4 Å². The van der Waals surface area contributed by atoms with Gasteiger partial charge in [-0.2, -0.15) is 5.10 Å². The van der Waals surface area contributed by atoms with E-state index in [0.717, 1.165) is 22.3 Å². The molecule has 3 amide bonds. The largest absolute Gasteiger partial charge is 0.274 e. The summed E-state index contributed by atoms with van der Waals surface area (Å²) >= 11 is 0. The minimum atomic E-state index is -1.02. The average Bonchev–Trinajstić information content (AvgIpc) is 3.24. The van der Waals surface area contributed by atoms with Crippen molar-refractivity contribution in [3.8, 4) is 0 Å². The highest BCUT2D eigenvalue weighted by Crippen LogP contribution is 2.63. The molecule has 4 aliphatic rings. The monoisotopic (exact) mass is 497 g/mol. The van der Waals surface area contributed by atoms with Gasteiger partial charge in [-0.05, 0) is 46.5 Å². The first kappa shape index (κ1) is 22.4. The van der Waals surface area contributed by atoms with Gasteiger partial charge >= 0.3 is 0 Å². The van der Waals surface area contributed by atoms with Crippen LogP contribution in [0.4, 0.5) is 5.69 Å². The smallest absolute Gasteiger partial charge is 0.271 e. The van der Waals surface area contributed by atoms with E-state index >= 15 is 0 Å². The Kier molecular flexibility index (Phi) is 4.91. The van der Waals surface area contributed by atoms with Gasteiger partial charge in [0.2, 0.25) is 11.8 Å². The Morgan fingerprint density at radius 3 is 1.92 bits per heavy atom. The van der Waals surface area contributed by atoms with Crippen molar-refractivity contribution in [1.82, 2.24) is 5.43 Å². The van der Waals surface area contributed by atoms with Crippen molar-refractivity contribution in [2.24, 2.45) is 16.9 Å². The zero-order valence-electron chi connectivity index (χ0n) is 20.3. The second kappa shape index (κ2) is 8.35. The number of hydrazone groups is 1. The molecule has 1 N–H and O–H groups in total. The molecule has 2 atom stereocenters. The van der Waals surface area contributed by atoms with Crippen LogP contribution in [0.15, 0.2) is 114 Å². The SMILES string of the molecule is O=C(N/N=C/C12c3ccccc3C(c3ccccc31)[C@H]1C(=O)N(c3ccccc3)C(=O)[C@H]12)c1ccccc1. The minimum Gasteiger partial charge on any atom is -0.274 e. The van der Waals surface area contributed by atoms with Gasteiger partial charge in [-0.1, -0.05) is 84.9 Å². The van der Waals surface area contributed by atoms with Crippen molar-refractivity contribution in [3.05, 3.63) is 137 Å². The first-order valence-electron chi connectivity index (χ1n) is 12.6. The molecule has 8 rings (SSSR count). The van der Waals surface area contributed by atoms with Crippen LogP contribution in [-0.4, -0.2) is 23.9 Å². The lowest BCUT2D eigenvalue weighted by atomic mass is 9.47. The van der Waals surface area contributed by atoms with Crippen LogP contribution in [0.5, 0.6) is 0 Å². The number of carbonyl (C=O) groups excluding carboxylic acids is 3. The molecule has 0 unspecified atom stereocenters. The number of carbonyl (C=O) groups is 3. The van der Waals surface area contributed by atoms with E-state index in [-0.39, 0.29) is 23.6 Å². The highest BCUT2D eigenvalue weighted by molar-refractivity contribution is 6.25. The molecule has 6 heteroatoms. The van der Waals surface area contributed by atoms with Gasteiger partial charge in [0.05, 0.1) is 22.9 Å². The molecule has 184 valence electrons. The number of para-hydroxylation sites is 1. The fraction of sp³-hybridized carbons (Fsp3) is 0.125. The molecule has 3 aliphatic carbocycles. The third kappa shape index (κ3) is 2.94. The molecule has 0 spiro atoms. The van der Waals surface area contributed by atoms with Gasteiger partial charge in [-0.15, -0.1) is 0 Å². The summed E-state index contributed by atoms with van der Waals surface area (Å²) in [6.07, 6.45) is 1.68. The lowest BCUT2D eigenvalue weighted by Gasteiger charge is -2.52. The summed E-state index contributed by atoms with van der Waals surface area (Å²) in [6.45, 7) is 0. The molecule has 1 heterocycles. The number of anilines is 1. The van der Waals surface area contributed by atoms with Crippen molar-refractivity contribution in [2.45, 2.75) is 11.3 Å². The summed E-state index contributed by atoms with van der Waals surface area (Å²) in [6, 6.07) is 33.9. The predicted octanol–water partition coefficient (Wildman–Crippen LogP) is 4.65. The zero-order chi connectivity index (χ0) is 25.9. The van der Waals surface area contributed by atoms with Gasteiger partial charge in [0.25, 0.3) is 5.91 Å². The molecular formula is C32H23N3O3. The van der Waals surface area contributed by atoms with Crippen molar-refractivity contribution in [1.29, 1.82) is 0 Å². The Labute approximate surface area is 219 Å². The molecule has 6 nitrogen and oxygen atoms in total. The van der Waals surface area contributed by atoms with Crippen LogP contribution < -0.4 is 10.3 Å². The fourth-order valence-electron chi connectivity index (χ4n) is 6.73. The summed E-state index contributed by atoms with van der Waals surface area (Å²) in [7, 11) is 0. The maximum atomic E-state index is 14.2. The van der Waals surface area contributed by atoms with E-state index in [1.165, 1.54) is 4.90 Å². The Morgan fingerprint density at radius 2 is 1.29 bits per heavy atom. The summed E-state index contributed by atoms with van der Waals surface area (Å²) in [5.41, 5.74) is 6.60. The maximum absolute atomic E-state index is 14.2. The molecule has 1 saturated heterocycles. The minimum absolute atomic E-state index is 0.202. The van der Waals surface area contributed by atoms with Crippen LogP contribution in [0.1, 0.15) is 38.5 Å². The lowest BCUT2D eigenvalue weighted by Crippen LogP contribution is -2.54. The maximum Gasteiger partial charge on any atom is 0.271 e. The van der Waals surface area contributed by atoms with E-state index in [1.807, 2.05) is 72.8 Å². The standard InChI is InChI=1S/C32H23N3O3/c36-29(20-11-3-1-4-12-20)34-33-19-32-24-17-9-7-15-22(24)26(23-16-8-10-18-25(23)32)27-28(32)31(38)35(30(27)37)21-13-5-2-6-14-21/h1-19,26-28H,(H,34,36)/b33-19+/t26?,27-,28+,32?/m1/s1. The first-order chi connectivity index (χ1) is 18.6. The van der Waals surface area contributed by atoms with Gasteiger partial charge in [0, 0.05) is 17.7 Å². The van der Waals surface area contributed by atoms with Gasteiger partial charge < -0.3 is 0 Å². The number of rotatable bonds is 4. The zero-order valence-corrected chi connectivity index (χ0v) is 20.3. The third-order valence-electron chi connectivity index (χ3n) is 8.17. The Morgan fingerprint density at radius 1 is 0.737 bits per heavy atom. The highest BCUT2D eigenvalue weighted by Gasteiger charge is 2.68. The van der Waals surface area contributed by atoms with Gasteiger partial charge in [-0.3, -0.25) is 14.4 Å². The normalized spacial score (nSPS) is 24.7. The van der Waals surface area contributed by atoms with Gasteiger partial charge in [-0.25, -0.2) is 10.3 Å². The highest BCUT2D eigenvalue weighted by atomic mass is 16.2. The molecule has 0 saturated carbocycles. The second-order valence-electron chi connectivity index (χ2n) is 9.94. The number of nitrogens with zero attached hydrogens (tertiary/aromatic N) is 2. The van der Waals surface area contributed by atoms with E-state index in [2.05, 4.69) is 10.5 Å². The van der Waals surface area contributed by atoms with Crippen LogP contribution in [0, 0.1) is 11.8 Å². The third-order valence-corrected chi connectivity index (χ3v) is 8.17. The van der Waals surface area contributed by atoms with Crippen molar-refractivity contribution in [3.63, 3.8) is 0 Å². The van der Waals surface area contributed by atoms with Crippen LogP contribution in [0.2, 0.25) is 0 Å². The number of imide groups is 1. The molecule has 2 bridgehead atoms. The Bertz CT molecular complexity index is 1580. The van der Waals surface area contributed by atoms with Crippen LogP contribution in [0.25, 0.3) is 0 Å². The molecule has 1 fully saturated rings. The molecule has 4 aromatic carbocycles. The van der Waals surface area contributed by atoms with Gasteiger partial charge in [0.1, 0.15) is 0 Å². The summed E-state index contributed by atoms with van der Waals surface area (Å²) in [5.74, 6) is -2.31. The summed E-state index contributed by atoms with van der Waals surface area (Å²) in [4.78, 5) is 42.4. The number of benzene rings is 4. The van der Waals surface area contributed by atoms with E-state index in [1.54, 1.807) is 42.6 Å². The number of hydrogen-bond donors (Lipinski definition) is 1. The Balaban J connectivity index is 1.42. The lowest BCUT2D eigenvalue weighted by molar-refractivity contribution is -0.122. The van der Waals surface area contributed by atoms with E-state index in [4.69, 9.17) is 0 Å². The average molecular weight is 498 g/mol.